The Balaban J connectivity index is 1.60. The molecule has 0 aliphatic carbocycles. The molecule has 1 saturated heterocycles. The van der Waals surface area contributed by atoms with E-state index >= 15 is 0 Å². The molecule has 3 nitrogen and oxygen atoms in total. The molecule has 1 aliphatic rings. The molecule has 2 N–H and O–H groups in total. The normalized spacial score (nSPS) is 18.9. The highest BCUT2D eigenvalue weighted by Crippen LogP contribution is 2.33. The number of aryl methyl sites for hydroxylation is 2. The Hall–Kier alpha value is -1.75. The van der Waals surface area contributed by atoms with Crippen LogP contribution in [0.5, 0.6) is 0 Å². The molecule has 4 heteroatoms. The number of hydrogen-bond donors (Lipinski definition) is 2. The van der Waals surface area contributed by atoms with Gasteiger partial charge in [-0.1, -0.05) is 30.3 Å². The summed E-state index contributed by atoms with van der Waals surface area (Å²) in [6, 6.07) is 12.2. The van der Waals surface area contributed by atoms with E-state index in [1.807, 2.05) is 18.2 Å². The first kappa shape index (κ1) is 18.1. The highest BCUT2D eigenvalue weighted by atomic mass is 19.1. The van der Waals surface area contributed by atoms with E-state index in [4.69, 9.17) is 0 Å². The van der Waals surface area contributed by atoms with Crippen molar-refractivity contribution in [2.45, 2.75) is 38.4 Å². The van der Waals surface area contributed by atoms with Gasteiger partial charge in [0.25, 0.3) is 0 Å². The second kappa shape index (κ2) is 7.24. The predicted molar refractivity (Wildman–Crippen MR) is 96.8 cm³/mol. The van der Waals surface area contributed by atoms with Crippen molar-refractivity contribution in [3.63, 3.8) is 0 Å². The summed E-state index contributed by atoms with van der Waals surface area (Å²) in [7, 11) is 0. The molecule has 0 bridgehead atoms. The maximum absolute atomic E-state index is 13.1. The number of β-amino-alcohol motifs (C(OH)–C–C–N with tert-alkyl or cyclic N) is 1. The van der Waals surface area contributed by atoms with Crippen LogP contribution in [0.4, 0.5) is 4.39 Å². The number of halogens is 1. The number of rotatable bonds is 4. The molecule has 1 atom stereocenters. The van der Waals surface area contributed by atoms with Crippen molar-refractivity contribution < 1.29 is 14.6 Å². The molecular weight excluding hydrogens is 317 g/mol. The number of aliphatic hydroxyl groups is 2. The van der Waals surface area contributed by atoms with Crippen LogP contribution in [0.3, 0.4) is 0 Å². The molecule has 0 radical (unpaired) electrons. The van der Waals surface area contributed by atoms with Gasteiger partial charge in [-0.25, -0.2) is 4.39 Å². The molecule has 0 aromatic heterocycles. The van der Waals surface area contributed by atoms with Gasteiger partial charge in [0.1, 0.15) is 5.82 Å². The zero-order valence-electron chi connectivity index (χ0n) is 14.9. The van der Waals surface area contributed by atoms with Crippen LogP contribution >= 0.6 is 0 Å². The third-order valence-electron chi connectivity index (χ3n) is 5.41. The van der Waals surface area contributed by atoms with E-state index in [0.29, 0.717) is 32.5 Å². The number of aliphatic hydroxyl groups excluding tert-OH is 1. The third kappa shape index (κ3) is 4.09. The predicted octanol–water partition coefficient (Wildman–Crippen LogP) is 3.46. The van der Waals surface area contributed by atoms with E-state index in [9.17, 15) is 14.6 Å². The van der Waals surface area contributed by atoms with Gasteiger partial charge >= 0.3 is 0 Å². The minimum absolute atomic E-state index is 0.290. The van der Waals surface area contributed by atoms with E-state index in [0.717, 1.165) is 11.1 Å². The zero-order valence-corrected chi connectivity index (χ0v) is 14.9. The summed E-state index contributed by atoms with van der Waals surface area (Å²) in [6.07, 6.45) is 0.632. The zero-order chi connectivity index (χ0) is 18.0. The van der Waals surface area contributed by atoms with E-state index in [1.54, 1.807) is 12.1 Å². The van der Waals surface area contributed by atoms with Gasteiger partial charge in [-0.05, 0) is 61.1 Å². The Labute approximate surface area is 148 Å². The summed E-state index contributed by atoms with van der Waals surface area (Å²) in [5.41, 5.74) is 3.19. The number of hydrogen-bond acceptors (Lipinski definition) is 3. The molecule has 2 aromatic carbocycles. The monoisotopic (exact) mass is 343 g/mol. The van der Waals surface area contributed by atoms with E-state index in [-0.39, 0.29) is 5.82 Å². The van der Waals surface area contributed by atoms with Crippen molar-refractivity contribution in [1.82, 2.24) is 4.90 Å². The van der Waals surface area contributed by atoms with Crippen LogP contribution in [0.25, 0.3) is 0 Å². The van der Waals surface area contributed by atoms with Crippen molar-refractivity contribution in [1.29, 1.82) is 0 Å². The third-order valence-corrected chi connectivity index (χ3v) is 5.41. The smallest absolute Gasteiger partial charge is 0.123 e. The molecule has 134 valence electrons. The maximum atomic E-state index is 13.1. The average molecular weight is 343 g/mol. The molecule has 2 aromatic rings. The SMILES string of the molecule is Cc1ccc([C@@H](O)CN2CCC(O)(c3ccc(F)cc3)CC2)cc1C. The molecule has 1 fully saturated rings. The van der Waals surface area contributed by atoms with Gasteiger partial charge in [-0.15, -0.1) is 0 Å². The molecule has 3 rings (SSSR count). The summed E-state index contributed by atoms with van der Waals surface area (Å²) >= 11 is 0. The second-order valence-electron chi connectivity index (χ2n) is 7.20. The van der Waals surface area contributed by atoms with Crippen molar-refractivity contribution in [3.05, 3.63) is 70.5 Å². The second-order valence-corrected chi connectivity index (χ2v) is 7.20. The topological polar surface area (TPSA) is 43.7 Å². The molecule has 1 aliphatic heterocycles. The van der Waals surface area contributed by atoms with E-state index < -0.39 is 11.7 Å². The minimum Gasteiger partial charge on any atom is -0.387 e. The van der Waals surface area contributed by atoms with Gasteiger partial charge < -0.3 is 15.1 Å². The van der Waals surface area contributed by atoms with Gasteiger partial charge in [0.05, 0.1) is 11.7 Å². The fourth-order valence-corrected chi connectivity index (χ4v) is 3.48. The first-order chi connectivity index (χ1) is 11.9. The van der Waals surface area contributed by atoms with Crippen molar-refractivity contribution in [2.75, 3.05) is 19.6 Å². The lowest BCUT2D eigenvalue weighted by molar-refractivity contribution is -0.0345. The lowest BCUT2D eigenvalue weighted by atomic mass is 9.84. The van der Waals surface area contributed by atoms with Crippen LogP contribution in [0.1, 0.15) is 41.2 Å². The number of likely N-dealkylation sites (tertiary alicyclic amines) is 1. The van der Waals surface area contributed by atoms with Gasteiger partial charge in [0.2, 0.25) is 0 Å². The standard InChI is InChI=1S/C21H26FNO2/c1-15-3-4-17(13-16(15)2)20(24)14-23-11-9-21(25,10-12-23)18-5-7-19(22)8-6-18/h3-8,13,20,24-25H,9-12,14H2,1-2H3/t20-/m0/s1. The largest absolute Gasteiger partial charge is 0.387 e. The molecule has 0 saturated carbocycles. The molecular formula is C21H26FNO2. The Bertz CT molecular complexity index is 721. The lowest BCUT2D eigenvalue weighted by Gasteiger charge is -2.39. The minimum atomic E-state index is -0.907. The molecule has 0 spiro atoms. The summed E-state index contributed by atoms with van der Waals surface area (Å²) in [5, 5.41) is 21.4. The van der Waals surface area contributed by atoms with Crippen LogP contribution in [0.15, 0.2) is 42.5 Å². The van der Waals surface area contributed by atoms with Gasteiger partial charge in [-0.3, -0.25) is 0 Å². The van der Waals surface area contributed by atoms with Gasteiger partial charge in [0.15, 0.2) is 0 Å². The Morgan fingerprint density at radius 1 is 1.04 bits per heavy atom. The van der Waals surface area contributed by atoms with Gasteiger partial charge in [0, 0.05) is 19.6 Å². The van der Waals surface area contributed by atoms with E-state index in [1.165, 1.54) is 23.3 Å². The summed E-state index contributed by atoms with van der Waals surface area (Å²) in [6.45, 7) is 6.08. The summed E-state index contributed by atoms with van der Waals surface area (Å²) < 4.78 is 13.1. The van der Waals surface area contributed by atoms with Crippen LogP contribution in [0.2, 0.25) is 0 Å². The van der Waals surface area contributed by atoms with Crippen molar-refractivity contribution >= 4 is 0 Å². The fraction of sp³-hybridized carbons (Fsp3) is 0.429. The summed E-state index contributed by atoms with van der Waals surface area (Å²) in [5.74, 6) is -0.290. The summed E-state index contributed by atoms with van der Waals surface area (Å²) in [4.78, 5) is 2.18. The molecule has 0 amide bonds. The fourth-order valence-electron chi connectivity index (χ4n) is 3.48. The first-order valence-corrected chi connectivity index (χ1v) is 8.83. The average Bonchev–Trinajstić information content (AvgIpc) is 2.60. The van der Waals surface area contributed by atoms with Crippen molar-refractivity contribution in [2.24, 2.45) is 0 Å². The van der Waals surface area contributed by atoms with E-state index in [2.05, 4.69) is 18.7 Å². The quantitative estimate of drug-likeness (QED) is 0.893. The number of nitrogens with zero attached hydrogens (tertiary/aromatic N) is 1. The van der Waals surface area contributed by atoms with Crippen LogP contribution in [-0.4, -0.2) is 34.7 Å². The van der Waals surface area contributed by atoms with Crippen LogP contribution in [0, 0.1) is 19.7 Å². The lowest BCUT2D eigenvalue weighted by Crippen LogP contribution is -2.44. The Kier molecular flexibility index (Phi) is 5.23. The first-order valence-electron chi connectivity index (χ1n) is 8.83. The van der Waals surface area contributed by atoms with Crippen LogP contribution in [-0.2, 0) is 5.60 Å². The number of piperidine rings is 1. The van der Waals surface area contributed by atoms with Gasteiger partial charge in [-0.2, -0.15) is 0 Å². The Morgan fingerprint density at radius 2 is 1.68 bits per heavy atom. The molecule has 25 heavy (non-hydrogen) atoms. The van der Waals surface area contributed by atoms with Crippen LogP contribution < -0.4 is 0 Å². The molecule has 0 unspecified atom stereocenters. The number of benzene rings is 2. The Morgan fingerprint density at radius 3 is 2.28 bits per heavy atom. The van der Waals surface area contributed by atoms with Crippen molar-refractivity contribution in [3.8, 4) is 0 Å². The highest BCUT2D eigenvalue weighted by molar-refractivity contribution is 5.31. The molecule has 1 heterocycles. The maximum Gasteiger partial charge on any atom is 0.123 e. The highest BCUT2D eigenvalue weighted by Gasteiger charge is 2.34.